The molecule has 0 radical (unpaired) electrons. The molecule has 0 atom stereocenters. The predicted molar refractivity (Wildman–Crippen MR) is 40.2 cm³/mol. The molecule has 0 bridgehead atoms. The van der Waals surface area contributed by atoms with Crippen molar-refractivity contribution in [3.8, 4) is 0 Å². The molecule has 0 saturated heterocycles. The van der Waals surface area contributed by atoms with Crippen LogP contribution in [0.25, 0.3) is 0 Å². The van der Waals surface area contributed by atoms with Crippen molar-refractivity contribution in [2.45, 2.75) is 39.8 Å². The van der Waals surface area contributed by atoms with Crippen molar-refractivity contribution in [1.29, 1.82) is 0 Å². The summed E-state index contributed by atoms with van der Waals surface area (Å²) in [6.45, 7) is 7.95. The number of rotatable bonds is 3. The highest BCUT2D eigenvalue weighted by Gasteiger charge is 2.09. The lowest BCUT2D eigenvalue weighted by molar-refractivity contribution is 0.183. The highest BCUT2D eigenvalue weighted by atomic mass is 16.1. The SMILES string of the molecule is CC(C)N(N=C=O)C(C)C. The van der Waals surface area contributed by atoms with Crippen molar-refractivity contribution < 1.29 is 4.79 Å². The molecule has 58 valence electrons. The molecule has 0 saturated carbocycles. The van der Waals surface area contributed by atoms with Gasteiger partial charge in [0, 0.05) is 12.1 Å². The maximum absolute atomic E-state index is 9.89. The van der Waals surface area contributed by atoms with Gasteiger partial charge in [-0.1, -0.05) is 5.10 Å². The quantitative estimate of drug-likeness (QED) is 0.338. The normalized spacial score (nSPS) is 9.80. The fraction of sp³-hybridized carbons (Fsp3) is 0.857. The molecule has 10 heavy (non-hydrogen) atoms. The Morgan fingerprint density at radius 3 is 1.70 bits per heavy atom. The van der Waals surface area contributed by atoms with E-state index in [-0.39, 0.29) is 12.1 Å². The Balaban J connectivity index is 4.11. The van der Waals surface area contributed by atoms with Gasteiger partial charge < -0.3 is 0 Å². The van der Waals surface area contributed by atoms with Crippen LogP contribution < -0.4 is 0 Å². The fourth-order valence-electron chi connectivity index (χ4n) is 0.874. The Bertz CT molecular complexity index is 129. The second-order valence-electron chi connectivity index (χ2n) is 2.76. The molecule has 3 heteroatoms. The molecule has 0 amide bonds. The molecule has 0 aliphatic carbocycles. The predicted octanol–water partition coefficient (Wildman–Crippen LogP) is 1.36. The molecule has 0 heterocycles. The highest BCUT2D eigenvalue weighted by molar-refractivity contribution is 5.32. The van der Waals surface area contributed by atoms with E-state index in [9.17, 15) is 4.79 Å². The standard InChI is InChI=1S/C7H14N2O/c1-6(2)9(7(3)4)8-5-10/h6-7H,1-4H3. The molecule has 0 rings (SSSR count). The summed E-state index contributed by atoms with van der Waals surface area (Å²) in [5.41, 5.74) is 0. The highest BCUT2D eigenvalue weighted by Crippen LogP contribution is 2.03. The zero-order valence-corrected chi connectivity index (χ0v) is 6.96. The number of nitrogens with zero attached hydrogens (tertiary/aromatic N) is 2. The van der Waals surface area contributed by atoms with Gasteiger partial charge in [0.1, 0.15) is 0 Å². The summed E-state index contributed by atoms with van der Waals surface area (Å²) < 4.78 is 0. The summed E-state index contributed by atoms with van der Waals surface area (Å²) in [6, 6.07) is 0.530. The van der Waals surface area contributed by atoms with Crippen LogP contribution in [0.5, 0.6) is 0 Å². The molecule has 0 N–H and O–H groups in total. The summed E-state index contributed by atoms with van der Waals surface area (Å²) in [5.74, 6) is 0. The van der Waals surface area contributed by atoms with Crippen molar-refractivity contribution in [2.75, 3.05) is 0 Å². The minimum atomic E-state index is 0.265. The summed E-state index contributed by atoms with van der Waals surface area (Å²) in [4.78, 5) is 9.89. The lowest BCUT2D eigenvalue weighted by atomic mass is 10.3. The first-order chi connectivity index (χ1) is 4.59. The molecular formula is C7H14N2O. The Hall–Kier alpha value is -0.820. The average molecular weight is 142 g/mol. The lowest BCUT2D eigenvalue weighted by Gasteiger charge is -2.25. The van der Waals surface area contributed by atoms with Crippen LogP contribution in [0.4, 0.5) is 0 Å². The van der Waals surface area contributed by atoms with Crippen molar-refractivity contribution in [3.05, 3.63) is 0 Å². The zero-order chi connectivity index (χ0) is 8.15. The van der Waals surface area contributed by atoms with E-state index in [1.807, 2.05) is 27.7 Å². The zero-order valence-electron chi connectivity index (χ0n) is 6.96. The lowest BCUT2D eigenvalue weighted by Crippen LogP contribution is -2.31. The molecule has 0 aliphatic heterocycles. The van der Waals surface area contributed by atoms with Crippen molar-refractivity contribution in [3.63, 3.8) is 0 Å². The van der Waals surface area contributed by atoms with E-state index in [1.54, 1.807) is 5.01 Å². The topological polar surface area (TPSA) is 32.7 Å². The van der Waals surface area contributed by atoms with Gasteiger partial charge >= 0.3 is 0 Å². The third-order valence-electron chi connectivity index (χ3n) is 1.21. The third kappa shape index (κ3) is 2.65. The van der Waals surface area contributed by atoms with E-state index in [0.29, 0.717) is 0 Å². The maximum Gasteiger partial charge on any atom is 0.258 e. The Labute approximate surface area is 61.7 Å². The number of hydrogen-bond acceptors (Lipinski definition) is 3. The summed E-state index contributed by atoms with van der Waals surface area (Å²) in [7, 11) is 0. The first kappa shape index (κ1) is 9.18. The van der Waals surface area contributed by atoms with E-state index < -0.39 is 0 Å². The number of carbonyl (C=O) groups excluding carboxylic acids is 1. The minimum absolute atomic E-state index is 0.265. The third-order valence-corrected chi connectivity index (χ3v) is 1.21. The van der Waals surface area contributed by atoms with Crippen LogP contribution in [0.15, 0.2) is 5.10 Å². The molecule has 0 unspecified atom stereocenters. The van der Waals surface area contributed by atoms with Crippen molar-refractivity contribution in [1.82, 2.24) is 5.01 Å². The van der Waals surface area contributed by atoms with Crippen LogP contribution in [0.1, 0.15) is 27.7 Å². The molecule has 0 aliphatic rings. The Morgan fingerprint density at radius 1 is 1.20 bits per heavy atom. The monoisotopic (exact) mass is 142 g/mol. The first-order valence-corrected chi connectivity index (χ1v) is 3.45. The molecule has 0 spiro atoms. The summed E-state index contributed by atoms with van der Waals surface area (Å²) >= 11 is 0. The van der Waals surface area contributed by atoms with Gasteiger partial charge in [-0.3, -0.25) is 5.01 Å². The van der Waals surface area contributed by atoms with Crippen LogP contribution in [-0.2, 0) is 4.79 Å². The molecular weight excluding hydrogens is 128 g/mol. The van der Waals surface area contributed by atoms with Gasteiger partial charge in [-0.05, 0) is 27.7 Å². The van der Waals surface area contributed by atoms with Crippen LogP contribution in [-0.4, -0.2) is 23.2 Å². The van der Waals surface area contributed by atoms with E-state index in [2.05, 4.69) is 5.10 Å². The van der Waals surface area contributed by atoms with Gasteiger partial charge in [0.2, 0.25) is 0 Å². The van der Waals surface area contributed by atoms with E-state index in [0.717, 1.165) is 0 Å². The molecule has 0 aromatic carbocycles. The van der Waals surface area contributed by atoms with E-state index >= 15 is 0 Å². The van der Waals surface area contributed by atoms with E-state index in [1.165, 1.54) is 6.08 Å². The number of hydrogen-bond donors (Lipinski definition) is 0. The smallest absolute Gasteiger partial charge is 0.258 e. The fourth-order valence-corrected chi connectivity index (χ4v) is 0.874. The minimum Gasteiger partial charge on any atom is -0.281 e. The number of isocyanates is 1. The Kier molecular flexibility index (Phi) is 3.74. The maximum atomic E-state index is 9.89. The van der Waals surface area contributed by atoms with Crippen LogP contribution >= 0.6 is 0 Å². The second kappa shape index (κ2) is 4.07. The van der Waals surface area contributed by atoms with Gasteiger partial charge in [-0.25, -0.2) is 4.79 Å². The summed E-state index contributed by atoms with van der Waals surface area (Å²) in [5, 5.41) is 5.27. The van der Waals surface area contributed by atoms with Gasteiger partial charge in [-0.2, -0.15) is 0 Å². The van der Waals surface area contributed by atoms with Crippen molar-refractivity contribution in [2.24, 2.45) is 5.10 Å². The first-order valence-electron chi connectivity index (χ1n) is 3.45. The van der Waals surface area contributed by atoms with Crippen molar-refractivity contribution >= 4 is 6.08 Å². The summed E-state index contributed by atoms with van der Waals surface area (Å²) in [6.07, 6.45) is 1.53. The van der Waals surface area contributed by atoms with Gasteiger partial charge in [-0.15, -0.1) is 0 Å². The largest absolute Gasteiger partial charge is 0.281 e. The molecule has 0 fully saturated rings. The van der Waals surface area contributed by atoms with E-state index in [4.69, 9.17) is 0 Å². The van der Waals surface area contributed by atoms with Gasteiger partial charge in [0.15, 0.2) is 0 Å². The average Bonchev–Trinajstić information content (AvgIpc) is 1.81. The number of hydrazone groups is 1. The molecule has 0 aromatic rings. The van der Waals surface area contributed by atoms with Crippen LogP contribution in [0, 0.1) is 0 Å². The van der Waals surface area contributed by atoms with Gasteiger partial charge in [0.05, 0.1) is 0 Å². The Morgan fingerprint density at radius 2 is 1.60 bits per heavy atom. The molecule has 0 aromatic heterocycles. The van der Waals surface area contributed by atoms with Gasteiger partial charge in [0.25, 0.3) is 6.08 Å². The molecule has 3 nitrogen and oxygen atoms in total. The second-order valence-corrected chi connectivity index (χ2v) is 2.76. The van der Waals surface area contributed by atoms with Crippen LogP contribution in [0.3, 0.4) is 0 Å². The van der Waals surface area contributed by atoms with Crippen LogP contribution in [0.2, 0.25) is 0 Å².